The summed E-state index contributed by atoms with van der Waals surface area (Å²) in [5.41, 5.74) is -0.380. The molecular formula is C12H22N2O3. The summed E-state index contributed by atoms with van der Waals surface area (Å²) < 4.78 is 0. The van der Waals surface area contributed by atoms with Crippen LogP contribution in [0, 0.1) is 0 Å². The van der Waals surface area contributed by atoms with Crippen molar-refractivity contribution in [1.29, 1.82) is 0 Å². The van der Waals surface area contributed by atoms with Crippen LogP contribution in [0.4, 0.5) is 4.79 Å². The Hall–Kier alpha value is -1.52. The van der Waals surface area contributed by atoms with Gasteiger partial charge in [0.2, 0.25) is 0 Å². The minimum Gasteiger partial charge on any atom is -0.480 e. The monoisotopic (exact) mass is 242 g/mol. The molecular weight excluding hydrogens is 220 g/mol. The second kappa shape index (κ2) is 6.27. The lowest BCUT2D eigenvalue weighted by Gasteiger charge is -2.35. The predicted octanol–water partition coefficient (Wildman–Crippen LogP) is 1.85. The van der Waals surface area contributed by atoms with Crippen molar-refractivity contribution in [2.45, 2.75) is 45.7 Å². The molecule has 0 bridgehead atoms. The van der Waals surface area contributed by atoms with Gasteiger partial charge < -0.3 is 15.3 Å². The van der Waals surface area contributed by atoms with Crippen LogP contribution in [0.5, 0.6) is 0 Å². The number of carboxylic acid groups (broad SMARTS) is 1. The maximum atomic E-state index is 12.0. The van der Waals surface area contributed by atoms with E-state index < -0.39 is 12.0 Å². The summed E-state index contributed by atoms with van der Waals surface area (Å²) in [7, 11) is 0. The van der Waals surface area contributed by atoms with Gasteiger partial charge in [-0.15, -0.1) is 6.58 Å². The quantitative estimate of drug-likeness (QED) is 0.723. The number of carbonyl (C=O) groups excluding carboxylic acids is 1. The summed E-state index contributed by atoms with van der Waals surface area (Å²) in [6.45, 7) is 11.3. The van der Waals surface area contributed by atoms with Gasteiger partial charge in [-0.05, 0) is 27.2 Å². The van der Waals surface area contributed by atoms with E-state index in [9.17, 15) is 9.59 Å². The van der Waals surface area contributed by atoms with Crippen molar-refractivity contribution in [1.82, 2.24) is 10.2 Å². The molecule has 0 saturated carbocycles. The van der Waals surface area contributed by atoms with Crippen LogP contribution in [-0.4, -0.2) is 40.1 Å². The first kappa shape index (κ1) is 15.5. The number of carbonyl (C=O) groups is 2. The molecule has 0 aliphatic heterocycles. The van der Waals surface area contributed by atoms with Crippen molar-refractivity contribution in [3.63, 3.8) is 0 Å². The Morgan fingerprint density at radius 3 is 2.29 bits per heavy atom. The van der Waals surface area contributed by atoms with Gasteiger partial charge >= 0.3 is 12.0 Å². The summed E-state index contributed by atoms with van der Waals surface area (Å²) in [5, 5.41) is 11.4. The molecule has 17 heavy (non-hydrogen) atoms. The van der Waals surface area contributed by atoms with Crippen LogP contribution in [0.2, 0.25) is 0 Å². The van der Waals surface area contributed by atoms with E-state index in [0.29, 0.717) is 13.0 Å². The molecule has 0 heterocycles. The second-order valence-electron chi connectivity index (χ2n) is 4.82. The standard InChI is InChI=1S/C12H22N2O3/c1-6-8-14(12(3,4)5)11(17)13-9(7-2)10(15)16/h6,9H,1,7-8H2,2-5H3,(H,13,17)(H,15,16). The van der Waals surface area contributed by atoms with Crippen molar-refractivity contribution >= 4 is 12.0 Å². The molecule has 0 aliphatic rings. The molecule has 2 N–H and O–H groups in total. The highest BCUT2D eigenvalue weighted by Crippen LogP contribution is 2.13. The first-order valence-electron chi connectivity index (χ1n) is 5.65. The third-order valence-electron chi connectivity index (χ3n) is 2.37. The minimum atomic E-state index is -1.02. The number of hydrogen-bond acceptors (Lipinski definition) is 2. The zero-order chi connectivity index (χ0) is 13.6. The molecule has 0 rings (SSSR count). The van der Waals surface area contributed by atoms with Crippen LogP contribution in [0.3, 0.4) is 0 Å². The van der Waals surface area contributed by atoms with E-state index >= 15 is 0 Å². The van der Waals surface area contributed by atoms with E-state index in [-0.39, 0.29) is 11.6 Å². The summed E-state index contributed by atoms with van der Waals surface area (Å²) in [4.78, 5) is 24.3. The Morgan fingerprint density at radius 1 is 1.47 bits per heavy atom. The van der Waals surface area contributed by atoms with Gasteiger partial charge in [0.05, 0.1) is 0 Å². The van der Waals surface area contributed by atoms with Crippen LogP contribution < -0.4 is 5.32 Å². The molecule has 0 radical (unpaired) electrons. The van der Waals surface area contributed by atoms with Crippen molar-refractivity contribution in [3.8, 4) is 0 Å². The molecule has 0 saturated heterocycles. The highest BCUT2D eigenvalue weighted by atomic mass is 16.4. The lowest BCUT2D eigenvalue weighted by molar-refractivity contribution is -0.139. The number of aliphatic carboxylic acids is 1. The lowest BCUT2D eigenvalue weighted by Crippen LogP contribution is -2.54. The number of hydrogen-bond donors (Lipinski definition) is 2. The van der Waals surface area contributed by atoms with Gasteiger partial charge in [0.15, 0.2) is 0 Å². The average Bonchev–Trinajstić information content (AvgIpc) is 2.19. The largest absolute Gasteiger partial charge is 0.480 e. The maximum absolute atomic E-state index is 12.0. The van der Waals surface area contributed by atoms with Crippen molar-refractivity contribution in [2.24, 2.45) is 0 Å². The molecule has 0 fully saturated rings. The van der Waals surface area contributed by atoms with Gasteiger partial charge in [-0.25, -0.2) is 9.59 Å². The molecule has 0 aromatic heterocycles. The fourth-order valence-electron chi connectivity index (χ4n) is 1.36. The van der Waals surface area contributed by atoms with Crippen LogP contribution >= 0.6 is 0 Å². The molecule has 0 spiro atoms. The maximum Gasteiger partial charge on any atom is 0.326 e. The van der Waals surface area contributed by atoms with Crippen molar-refractivity contribution in [2.75, 3.05) is 6.54 Å². The van der Waals surface area contributed by atoms with Gasteiger partial charge in [0.25, 0.3) is 0 Å². The molecule has 1 atom stereocenters. The zero-order valence-electron chi connectivity index (χ0n) is 11.0. The number of amides is 2. The second-order valence-corrected chi connectivity index (χ2v) is 4.82. The number of rotatable bonds is 5. The van der Waals surface area contributed by atoms with E-state index in [1.54, 1.807) is 17.9 Å². The summed E-state index contributed by atoms with van der Waals surface area (Å²) in [6.07, 6.45) is 1.97. The Balaban J connectivity index is 4.74. The van der Waals surface area contributed by atoms with E-state index in [4.69, 9.17) is 5.11 Å². The number of nitrogens with one attached hydrogen (secondary N) is 1. The van der Waals surface area contributed by atoms with E-state index in [1.165, 1.54) is 0 Å². The Kier molecular flexibility index (Phi) is 5.71. The highest BCUT2D eigenvalue weighted by Gasteiger charge is 2.28. The molecule has 2 amide bonds. The highest BCUT2D eigenvalue weighted by molar-refractivity contribution is 5.82. The molecule has 0 aliphatic carbocycles. The molecule has 0 aromatic rings. The smallest absolute Gasteiger partial charge is 0.326 e. The van der Waals surface area contributed by atoms with Crippen LogP contribution in [0.15, 0.2) is 12.7 Å². The lowest BCUT2D eigenvalue weighted by atomic mass is 10.1. The van der Waals surface area contributed by atoms with Crippen LogP contribution in [0.1, 0.15) is 34.1 Å². The molecule has 5 nitrogen and oxygen atoms in total. The number of nitrogens with zero attached hydrogens (tertiary/aromatic N) is 1. The molecule has 0 aromatic carbocycles. The molecule has 5 heteroatoms. The predicted molar refractivity (Wildman–Crippen MR) is 66.9 cm³/mol. The van der Waals surface area contributed by atoms with E-state index in [2.05, 4.69) is 11.9 Å². The Bertz CT molecular complexity index is 295. The fraction of sp³-hybridized carbons (Fsp3) is 0.667. The van der Waals surface area contributed by atoms with Crippen molar-refractivity contribution in [3.05, 3.63) is 12.7 Å². The topological polar surface area (TPSA) is 69.6 Å². The summed E-state index contributed by atoms with van der Waals surface area (Å²) in [5.74, 6) is -1.02. The Morgan fingerprint density at radius 2 is 2.00 bits per heavy atom. The minimum absolute atomic E-state index is 0.354. The van der Waals surface area contributed by atoms with Gasteiger partial charge in [-0.2, -0.15) is 0 Å². The molecule has 98 valence electrons. The van der Waals surface area contributed by atoms with Gasteiger partial charge in [0.1, 0.15) is 6.04 Å². The molecule has 1 unspecified atom stereocenters. The third-order valence-corrected chi connectivity index (χ3v) is 2.37. The number of carboxylic acids is 1. The Labute approximate surface area is 102 Å². The third kappa shape index (κ3) is 4.89. The van der Waals surface area contributed by atoms with E-state index in [1.807, 2.05) is 20.8 Å². The average molecular weight is 242 g/mol. The van der Waals surface area contributed by atoms with Crippen LogP contribution in [-0.2, 0) is 4.79 Å². The van der Waals surface area contributed by atoms with E-state index in [0.717, 1.165) is 0 Å². The van der Waals surface area contributed by atoms with Crippen molar-refractivity contribution < 1.29 is 14.7 Å². The first-order chi connectivity index (χ1) is 7.73. The van der Waals surface area contributed by atoms with Crippen LogP contribution in [0.25, 0.3) is 0 Å². The zero-order valence-corrected chi connectivity index (χ0v) is 11.0. The summed E-state index contributed by atoms with van der Waals surface area (Å²) in [6, 6.07) is -1.23. The summed E-state index contributed by atoms with van der Waals surface area (Å²) >= 11 is 0. The normalized spacial score (nSPS) is 12.7. The van der Waals surface area contributed by atoms with Gasteiger partial charge in [-0.1, -0.05) is 13.0 Å². The first-order valence-corrected chi connectivity index (χ1v) is 5.65. The fourth-order valence-corrected chi connectivity index (χ4v) is 1.36. The van der Waals surface area contributed by atoms with Gasteiger partial charge in [-0.3, -0.25) is 0 Å². The number of urea groups is 1. The van der Waals surface area contributed by atoms with Gasteiger partial charge in [0, 0.05) is 12.1 Å². The SMILES string of the molecule is C=CCN(C(=O)NC(CC)C(=O)O)C(C)(C)C.